The van der Waals surface area contributed by atoms with Gasteiger partial charge in [0.05, 0.1) is 22.4 Å². The third-order valence-corrected chi connectivity index (χ3v) is 5.47. The van der Waals surface area contributed by atoms with E-state index in [1.54, 1.807) is 0 Å². The number of carbonyl (C=O) groups is 1. The largest absolute Gasteiger partial charge is 0.417 e. The third kappa shape index (κ3) is 4.75. The summed E-state index contributed by atoms with van der Waals surface area (Å²) in [6.07, 6.45) is -3.57. The van der Waals surface area contributed by atoms with Crippen LogP contribution in [0.3, 0.4) is 0 Å². The number of sulfonamides is 1. The molecule has 28 heavy (non-hydrogen) atoms. The second-order valence-electron chi connectivity index (χ2n) is 5.88. The van der Waals surface area contributed by atoms with E-state index in [4.69, 9.17) is 11.6 Å². The lowest BCUT2D eigenvalue weighted by Gasteiger charge is -2.09. The first-order valence-electron chi connectivity index (χ1n) is 7.62. The molecule has 0 unspecified atom stereocenters. The molecule has 0 spiro atoms. The van der Waals surface area contributed by atoms with Crippen molar-refractivity contribution in [1.29, 1.82) is 0 Å². The Kier molecular flexibility index (Phi) is 5.30. The number of hydrogen-bond donors (Lipinski definition) is 2. The number of fused-ring (bicyclic) bond motifs is 1. The highest BCUT2D eigenvalue weighted by molar-refractivity contribution is 7.92. The number of carbonyl (C=O) groups excluding carboxylic acids is 1. The van der Waals surface area contributed by atoms with E-state index in [1.807, 2.05) is 0 Å². The maximum atomic E-state index is 13.1. The second-order valence-corrected chi connectivity index (χ2v) is 9.15. The number of amides is 1. The number of rotatable bonds is 4. The Morgan fingerprint density at radius 2 is 1.79 bits per heavy atom. The minimum atomic E-state index is -4.53. The van der Waals surface area contributed by atoms with Crippen molar-refractivity contribution in [2.75, 3.05) is 16.3 Å². The molecule has 148 valence electrons. The molecule has 0 saturated carbocycles. The minimum Gasteiger partial charge on any atom is -0.321 e. The highest BCUT2D eigenvalue weighted by Crippen LogP contribution is 2.38. The Labute approximate surface area is 167 Å². The van der Waals surface area contributed by atoms with E-state index in [0.29, 0.717) is 4.70 Å². The molecule has 1 aromatic heterocycles. The van der Waals surface area contributed by atoms with Crippen molar-refractivity contribution in [3.63, 3.8) is 0 Å². The van der Waals surface area contributed by atoms with Gasteiger partial charge in [-0.15, -0.1) is 11.3 Å². The van der Waals surface area contributed by atoms with Gasteiger partial charge in [-0.2, -0.15) is 13.2 Å². The molecule has 0 aliphatic carbocycles. The first-order chi connectivity index (χ1) is 12.9. The number of alkyl halides is 3. The summed E-state index contributed by atoms with van der Waals surface area (Å²) >= 11 is 6.85. The molecule has 0 aliphatic heterocycles. The predicted molar refractivity (Wildman–Crippen MR) is 105 cm³/mol. The first kappa shape index (κ1) is 20.4. The van der Waals surface area contributed by atoms with Crippen LogP contribution in [0.15, 0.2) is 42.5 Å². The number of benzene rings is 2. The molecule has 0 fully saturated rings. The zero-order chi connectivity index (χ0) is 20.7. The summed E-state index contributed by atoms with van der Waals surface area (Å²) in [7, 11) is -3.55. The summed E-state index contributed by atoms with van der Waals surface area (Å²) < 4.78 is 64.7. The van der Waals surface area contributed by atoms with E-state index in [0.717, 1.165) is 23.7 Å². The quantitative estimate of drug-likeness (QED) is 0.576. The van der Waals surface area contributed by atoms with Crippen LogP contribution in [0.2, 0.25) is 5.02 Å². The van der Waals surface area contributed by atoms with Crippen molar-refractivity contribution in [3.05, 3.63) is 57.9 Å². The van der Waals surface area contributed by atoms with Crippen molar-refractivity contribution >= 4 is 60.3 Å². The molecule has 0 radical (unpaired) electrons. The van der Waals surface area contributed by atoms with E-state index in [1.165, 1.54) is 36.4 Å². The smallest absolute Gasteiger partial charge is 0.321 e. The fourth-order valence-corrected chi connectivity index (χ4v) is 4.31. The molecule has 2 aromatic carbocycles. The summed E-state index contributed by atoms with van der Waals surface area (Å²) in [5.41, 5.74) is -0.485. The maximum absolute atomic E-state index is 13.1. The van der Waals surface area contributed by atoms with E-state index < -0.39 is 27.7 Å². The van der Waals surface area contributed by atoms with Gasteiger partial charge in [-0.25, -0.2) is 8.42 Å². The van der Waals surface area contributed by atoms with Crippen LogP contribution in [0.25, 0.3) is 10.1 Å². The average molecular weight is 449 g/mol. The standard InChI is InChI=1S/C17H12ClF3N2O3S2/c1-28(25,26)23-11-6-9(18)5-10(7-11)22-16(24)15-8-12-13(17(19,20)21)3-2-4-14(12)27-15/h2-8,23H,1H3,(H,22,24). The fourth-order valence-electron chi connectivity index (χ4n) is 2.55. The van der Waals surface area contributed by atoms with E-state index >= 15 is 0 Å². The molecule has 0 aliphatic rings. The van der Waals surface area contributed by atoms with Crippen LogP contribution in [-0.2, 0) is 16.2 Å². The minimum absolute atomic E-state index is 0.0596. The van der Waals surface area contributed by atoms with Gasteiger partial charge in [-0.05, 0) is 36.4 Å². The number of nitrogens with one attached hydrogen (secondary N) is 2. The van der Waals surface area contributed by atoms with Gasteiger partial charge in [0.15, 0.2) is 0 Å². The Morgan fingerprint density at radius 1 is 1.11 bits per heavy atom. The van der Waals surface area contributed by atoms with Gasteiger partial charge < -0.3 is 5.32 Å². The molecule has 1 amide bonds. The first-order valence-corrected chi connectivity index (χ1v) is 10.7. The lowest BCUT2D eigenvalue weighted by Crippen LogP contribution is -2.12. The zero-order valence-electron chi connectivity index (χ0n) is 14.1. The molecule has 0 saturated heterocycles. The van der Waals surface area contributed by atoms with Crippen molar-refractivity contribution in [2.45, 2.75) is 6.18 Å². The van der Waals surface area contributed by atoms with E-state index in [9.17, 15) is 26.4 Å². The second kappa shape index (κ2) is 7.26. The molecule has 3 rings (SSSR count). The van der Waals surface area contributed by atoms with Crippen LogP contribution in [0.5, 0.6) is 0 Å². The maximum Gasteiger partial charge on any atom is 0.417 e. The highest BCUT2D eigenvalue weighted by Gasteiger charge is 2.33. The molecular formula is C17H12ClF3N2O3S2. The van der Waals surface area contributed by atoms with Gasteiger partial charge >= 0.3 is 6.18 Å². The predicted octanol–water partition coefficient (Wildman–Crippen LogP) is 5.20. The van der Waals surface area contributed by atoms with Gasteiger partial charge in [0, 0.05) is 20.8 Å². The monoisotopic (exact) mass is 448 g/mol. The number of anilines is 2. The van der Waals surface area contributed by atoms with Crippen molar-refractivity contribution in [1.82, 2.24) is 0 Å². The van der Waals surface area contributed by atoms with Crippen LogP contribution in [0.4, 0.5) is 24.5 Å². The van der Waals surface area contributed by atoms with Crippen LogP contribution in [0.1, 0.15) is 15.2 Å². The van der Waals surface area contributed by atoms with E-state index in [-0.39, 0.29) is 26.7 Å². The van der Waals surface area contributed by atoms with Gasteiger partial charge in [-0.1, -0.05) is 17.7 Å². The lowest BCUT2D eigenvalue weighted by atomic mass is 10.1. The Morgan fingerprint density at radius 3 is 2.43 bits per heavy atom. The summed E-state index contributed by atoms with van der Waals surface area (Å²) in [4.78, 5) is 12.6. The van der Waals surface area contributed by atoms with E-state index in [2.05, 4.69) is 10.0 Å². The molecule has 0 bridgehead atoms. The van der Waals surface area contributed by atoms with Gasteiger partial charge in [-0.3, -0.25) is 9.52 Å². The number of thiophene rings is 1. The molecule has 1 heterocycles. The SMILES string of the molecule is CS(=O)(=O)Nc1cc(Cl)cc(NC(=O)c2cc3c(C(F)(F)F)cccc3s2)c1. The summed E-state index contributed by atoms with van der Waals surface area (Å²) in [6.45, 7) is 0. The van der Waals surface area contributed by atoms with Crippen LogP contribution < -0.4 is 10.0 Å². The summed E-state index contributed by atoms with van der Waals surface area (Å²) in [6, 6.07) is 9.01. The molecular weight excluding hydrogens is 437 g/mol. The zero-order valence-corrected chi connectivity index (χ0v) is 16.5. The fraction of sp³-hybridized carbons (Fsp3) is 0.118. The van der Waals surface area contributed by atoms with Crippen molar-refractivity contribution < 1.29 is 26.4 Å². The number of halogens is 4. The topological polar surface area (TPSA) is 75.3 Å². The van der Waals surface area contributed by atoms with Crippen molar-refractivity contribution in [3.8, 4) is 0 Å². The number of hydrogen-bond acceptors (Lipinski definition) is 4. The molecule has 0 atom stereocenters. The molecule has 5 nitrogen and oxygen atoms in total. The Hall–Kier alpha value is -2.30. The lowest BCUT2D eigenvalue weighted by molar-refractivity contribution is -0.136. The Balaban J connectivity index is 1.92. The molecule has 3 aromatic rings. The average Bonchev–Trinajstić information content (AvgIpc) is 2.95. The van der Waals surface area contributed by atoms with Crippen LogP contribution in [0, 0.1) is 0 Å². The van der Waals surface area contributed by atoms with Crippen LogP contribution >= 0.6 is 22.9 Å². The van der Waals surface area contributed by atoms with Crippen molar-refractivity contribution in [2.24, 2.45) is 0 Å². The normalized spacial score (nSPS) is 12.2. The molecule has 11 heteroatoms. The molecule has 2 N–H and O–H groups in total. The van der Waals surface area contributed by atoms with Crippen LogP contribution in [-0.4, -0.2) is 20.6 Å². The summed E-state index contributed by atoms with van der Waals surface area (Å²) in [5.74, 6) is -0.637. The van der Waals surface area contributed by atoms with Gasteiger partial charge in [0.1, 0.15) is 0 Å². The van der Waals surface area contributed by atoms with Gasteiger partial charge in [0.25, 0.3) is 5.91 Å². The highest BCUT2D eigenvalue weighted by atomic mass is 35.5. The Bertz CT molecular complexity index is 1170. The summed E-state index contributed by atoms with van der Waals surface area (Å²) in [5, 5.41) is 2.62. The third-order valence-electron chi connectivity index (χ3n) is 3.55. The van der Waals surface area contributed by atoms with Gasteiger partial charge in [0.2, 0.25) is 10.0 Å².